The van der Waals surface area contributed by atoms with Crippen molar-refractivity contribution in [3.05, 3.63) is 0 Å². The van der Waals surface area contributed by atoms with Crippen molar-refractivity contribution in [1.82, 2.24) is 0 Å². The lowest BCUT2D eigenvalue weighted by atomic mass is 10.1. The predicted octanol–water partition coefficient (Wildman–Crippen LogP) is 0.901. The van der Waals surface area contributed by atoms with Gasteiger partial charge in [0, 0.05) is 19.3 Å². The Morgan fingerprint density at radius 1 is 1.50 bits per heavy atom. The smallest absolute Gasteiger partial charge is 0.0648 e. The molecule has 1 unspecified atom stereocenters. The van der Waals surface area contributed by atoms with Crippen LogP contribution in [-0.2, 0) is 4.74 Å². The highest BCUT2D eigenvalue weighted by Crippen LogP contribution is 2.13. The van der Waals surface area contributed by atoms with E-state index in [0.717, 1.165) is 6.42 Å². The molecule has 0 aromatic carbocycles. The van der Waals surface area contributed by atoms with Crippen molar-refractivity contribution >= 4 is 0 Å². The molecule has 12 heavy (non-hydrogen) atoms. The van der Waals surface area contributed by atoms with Gasteiger partial charge in [-0.1, -0.05) is 0 Å². The number of hydrogen-bond acceptors (Lipinski definition) is 3. The predicted molar refractivity (Wildman–Crippen MR) is 50.0 cm³/mol. The van der Waals surface area contributed by atoms with Crippen LogP contribution in [-0.4, -0.2) is 30.0 Å². The lowest BCUT2D eigenvalue weighted by molar-refractivity contribution is -0.0346. The van der Waals surface area contributed by atoms with E-state index in [9.17, 15) is 0 Å². The van der Waals surface area contributed by atoms with Crippen LogP contribution in [0, 0.1) is 0 Å². The molecule has 0 aromatic heterocycles. The van der Waals surface area contributed by atoms with Gasteiger partial charge in [0.15, 0.2) is 0 Å². The van der Waals surface area contributed by atoms with Crippen molar-refractivity contribution in [1.29, 1.82) is 0 Å². The monoisotopic (exact) mass is 175 g/mol. The van der Waals surface area contributed by atoms with E-state index in [4.69, 9.17) is 15.6 Å². The maximum atomic E-state index is 8.71. The SMILES string of the molecule is CC(N)CCOC(C)(C)CCO. The Morgan fingerprint density at radius 3 is 2.50 bits per heavy atom. The molecule has 0 fully saturated rings. The average molecular weight is 175 g/mol. The summed E-state index contributed by atoms with van der Waals surface area (Å²) in [6.07, 6.45) is 1.54. The third kappa shape index (κ3) is 6.58. The molecular weight excluding hydrogens is 154 g/mol. The largest absolute Gasteiger partial charge is 0.396 e. The number of aliphatic hydroxyl groups is 1. The Balaban J connectivity index is 3.46. The fourth-order valence-electron chi connectivity index (χ4n) is 0.863. The first kappa shape index (κ1) is 11.9. The Bertz CT molecular complexity index is 113. The van der Waals surface area contributed by atoms with E-state index in [1.54, 1.807) is 0 Å². The van der Waals surface area contributed by atoms with Crippen molar-refractivity contribution in [3.8, 4) is 0 Å². The summed E-state index contributed by atoms with van der Waals surface area (Å²) < 4.78 is 5.54. The Labute approximate surface area is 74.9 Å². The highest BCUT2D eigenvalue weighted by molar-refractivity contribution is 4.67. The van der Waals surface area contributed by atoms with Crippen molar-refractivity contribution in [2.45, 2.75) is 45.3 Å². The summed E-state index contributed by atoms with van der Waals surface area (Å²) in [5, 5.41) is 8.71. The van der Waals surface area contributed by atoms with Crippen LogP contribution in [0.4, 0.5) is 0 Å². The first-order valence-corrected chi connectivity index (χ1v) is 4.48. The molecule has 3 N–H and O–H groups in total. The molecule has 0 radical (unpaired) electrons. The van der Waals surface area contributed by atoms with Gasteiger partial charge < -0.3 is 15.6 Å². The fourth-order valence-corrected chi connectivity index (χ4v) is 0.863. The van der Waals surface area contributed by atoms with Crippen molar-refractivity contribution in [2.24, 2.45) is 5.73 Å². The van der Waals surface area contributed by atoms with E-state index in [2.05, 4.69) is 0 Å². The molecule has 3 heteroatoms. The molecule has 0 saturated heterocycles. The molecule has 0 saturated carbocycles. The van der Waals surface area contributed by atoms with Gasteiger partial charge in [0.1, 0.15) is 0 Å². The number of rotatable bonds is 6. The Hall–Kier alpha value is -0.120. The van der Waals surface area contributed by atoms with Crippen LogP contribution in [0.15, 0.2) is 0 Å². The third-order valence-corrected chi connectivity index (χ3v) is 1.78. The molecule has 0 aliphatic heterocycles. The normalized spacial score (nSPS) is 14.8. The second-order valence-corrected chi connectivity index (χ2v) is 3.85. The Morgan fingerprint density at radius 2 is 2.08 bits per heavy atom. The molecule has 0 heterocycles. The first-order chi connectivity index (χ1) is 5.48. The molecule has 1 atom stereocenters. The van der Waals surface area contributed by atoms with Gasteiger partial charge in [0.05, 0.1) is 5.60 Å². The van der Waals surface area contributed by atoms with Gasteiger partial charge >= 0.3 is 0 Å². The van der Waals surface area contributed by atoms with Crippen LogP contribution < -0.4 is 5.73 Å². The lowest BCUT2D eigenvalue weighted by Crippen LogP contribution is -2.28. The summed E-state index contributed by atoms with van der Waals surface area (Å²) in [7, 11) is 0. The van der Waals surface area contributed by atoms with Gasteiger partial charge in [-0.2, -0.15) is 0 Å². The molecule has 0 bridgehead atoms. The van der Waals surface area contributed by atoms with Crippen molar-refractivity contribution in [3.63, 3.8) is 0 Å². The minimum absolute atomic E-state index is 0.172. The zero-order valence-corrected chi connectivity index (χ0v) is 8.34. The van der Waals surface area contributed by atoms with E-state index in [-0.39, 0.29) is 18.2 Å². The van der Waals surface area contributed by atoms with Gasteiger partial charge in [-0.15, -0.1) is 0 Å². The number of nitrogens with two attached hydrogens (primary N) is 1. The van der Waals surface area contributed by atoms with Gasteiger partial charge in [-0.25, -0.2) is 0 Å². The molecule has 0 rings (SSSR count). The van der Waals surface area contributed by atoms with E-state index < -0.39 is 0 Å². The van der Waals surface area contributed by atoms with Crippen LogP contribution in [0.25, 0.3) is 0 Å². The van der Waals surface area contributed by atoms with Crippen LogP contribution in [0.3, 0.4) is 0 Å². The molecule has 0 amide bonds. The minimum atomic E-state index is -0.219. The standard InChI is InChI=1S/C9H21NO2/c1-8(10)4-7-12-9(2,3)5-6-11/h8,11H,4-7,10H2,1-3H3. The van der Waals surface area contributed by atoms with Crippen LogP contribution in [0.2, 0.25) is 0 Å². The maximum absolute atomic E-state index is 8.71. The van der Waals surface area contributed by atoms with Crippen LogP contribution in [0.5, 0.6) is 0 Å². The van der Waals surface area contributed by atoms with Crippen LogP contribution in [0.1, 0.15) is 33.6 Å². The molecule has 0 aliphatic carbocycles. The summed E-state index contributed by atoms with van der Waals surface area (Å²) in [6.45, 7) is 6.76. The second-order valence-electron chi connectivity index (χ2n) is 3.85. The van der Waals surface area contributed by atoms with Gasteiger partial charge in [0.25, 0.3) is 0 Å². The summed E-state index contributed by atoms with van der Waals surface area (Å²) in [4.78, 5) is 0. The molecule has 0 aromatic rings. The lowest BCUT2D eigenvalue weighted by Gasteiger charge is -2.24. The quantitative estimate of drug-likeness (QED) is 0.630. The summed E-state index contributed by atoms with van der Waals surface area (Å²) in [5.74, 6) is 0. The van der Waals surface area contributed by atoms with Gasteiger partial charge in [0.2, 0.25) is 0 Å². The molecule has 3 nitrogen and oxygen atoms in total. The zero-order chi connectivity index (χ0) is 9.61. The molecule has 0 spiro atoms. The van der Waals surface area contributed by atoms with Crippen molar-refractivity contribution in [2.75, 3.05) is 13.2 Å². The molecule has 74 valence electrons. The number of aliphatic hydroxyl groups excluding tert-OH is 1. The minimum Gasteiger partial charge on any atom is -0.396 e. The summed E-state index contributed by atoms with van der Waals surface area (Å²) in [6, 6.07) is 0.190. The maximum Gasteiger partial charge on any atom is 0.0648 e. The second kappa shape index (κ2) is 5.51. The summed E-state index contributed by atoms with van der Waals surface area (Å²) >= 11 is 0. The first-order valence-electron chi connectivity index (χ1n) is 4.48. The zero-order valence-electron chi connectivity index (χ0n) is 8.34. The number of hydrogen-bond donors (Lipinski definition) is 2. The topological polar surface area (TPSA) is 55.5 Å². The highest BCUT2D eigenvalue weighted by Gasteiger charge is 2.16. The molecule has 0 aliphatic rings. The van der Waals surface area contributed by atoms with Gasteiger partial charge in [-0.3, -0.25) is 0 Å². The van der Waals surface area contributed by atoms with Gasteiger partial charge in [-0.05, 0) is 33.6 Å². The highest BCUT2D eigenvalue weighted by atomic mass is 16.5. The average Bonchev–Trinajstić information content (AvgIpc) is 1.85. The fraction of sp³-hybridized carbons (Fsp3) is 1.00. The number of ether oxygens (including phenoxy) is 1. The van der Waals surface area contributed by atoms with Crippen LogP contribution >= 0.6 is 0 Å². The van der Waals surface area contributed by atoms with E-state index in [1.165, 1.54) is 0 Å². The third-order valence-electron chi connectivity index (χ3n) is 1.78. The van der Waals surface area contributed by atoms with E-state index in [0.29, 0.717) is 13.0 Å². The van der Waals surface area contributed by atoms with E-state index >= 15 is 0 Å². The summed E-state index contributed by atoms with van der Waals surface area (Å²) in [5.41, 5.74) is 5.35. The van der Waals surface area contributed by atoms with E-state index in [1.807, 2.05) is 20.8 Å². The Kier molecular flexibility index (Phi) is 5.46. The van der Waals surface area contributed by atoms with Crippen molar-refractivity contribution < 1.29 is 9.84 Å². The molecular formula is C9H21NO2.